The molecule has 1 amide bonds. The number of H-pyrrole nitrogens is 1. The maximum Gasteiger partial charge on any atom is 0.239 e. The molecule has 1 aromatic carbocycles. The molecule has 1 heterocycles. The maximum atomic E-state index is 13.2. The van der Waals surface area contributed by atoms with Crippen molar-refractivity contribution in [3.63, 3.8) is 0 Å². The SMILES string of the molecule is CCCCCCCCCCCCCCCC(OC(CC)NC(=O)[C@@H](N)Cc1c[nH]c2ccccc12)C(C)OCCCCCCCCCCCC. The Balaban J connectivity index is 1.77. The van der Waals surface area contributed by atoms with E-state index < -0.39 is 6.04 Å². The lowest BCUT2D eigenvalue weighted by atomic mass is 10.0. The summed E-state index contributed by atoms with van der Waals surface area (Å²) >= 11 is 0. The van der Waals surface area contributed by atoms with Gasteiger partial charge in [-0.2, -0.15) is 0 Å². The molecule has 6 heteroatoms. The number of ether oxygens (including phenoxy) is 2. The number of unbranched alkanes of at least 4 members (excludes halogenated alkanes) is 21. The van der Waals surface area contributed by atoms with E-state index in [0.717, 1.165) is 42.3 Å². The van der Waals surface area contributed by atoms with Gasteiger partial charge in [-0.15, -0.1) is 0 Å². The van der Waals surface area contributed by atoms with Gasteiger partial charge in [-0.05, 0) is 44.2 Å². The number of amides is 1. The number of carbonyl (C=O) groups is 1. The van der Waals surface area contributed by atoms with Gasteiger partial charge in [0.15, 0.2) is 0 Å². The number of fused-ring (bicyclic) bond motifs is 1. The summed E-state index contributed by atoms with van der Waals surface area (Å²) in [6.07, 6.45) is 34.3. The van der Waals surface area contributed by atoms with Gasteiger partial charge in [0.25, 0.3) is 0 Å². The van der Waals surface area contributed by atoms with E-state index in [1.54, 1.807) is 0 Å². The third kappa shape index (κ3) is 20.2. The largest absolute Gasteiger partial charge is 0.376 e. The Morgan fingerprint density at radius 1 is 0.720 bits per heavy atom. The monoisotopic (exact) mass is 698 g/mol. The summed E-state index contributed by atoms with van der Waals surface area (Å²) in [6.45, 7) is 9.55. The Morgan fingerprint density at radius 3 is 1.76 bits per heavy atom. The van der Waals surface area contributed by atoms with Crippen LogP contribution in [0.15, 0.2) is 30.5 Å². The Kier molecular flexibility index (Phi) is 26.3. The van der Waals surface area contributed by atoms with Crippen LogP contribution in [0.2, 0.25) is 0 Å². The van der Waals surface area contributed by atoms with Crippen molar-refractivity contribution < 1.29 is 14.3 Å². The van der Waals surface area contributed by atoms with Gasteiger partial charge in [-0.25, -0.2) is 0 Å². The van der Waals surface area contributed by atoms with Crippen LogP contribution in [-0.4, -0.2) is 42.0 Å². The van der Waals surface area contributed by atoms with E-state index in [4.69, 9.17) is 15.2 Å². The molecule has 2 rings (SSSR count). The number of para-hydroxylation sites is 1. The number of carbonyl (C=O) groups excluding carboxylic acids is 1. The zero-order valence-electron chi connectivity index (χ0n) is 33.1. The highest BCUT2D eigenvalue weighted by molar-refractivity contribution is 5.86. The fourth-order valence-corrected chi connectivity index (χ4v) is 7.08. The zero-order valence-corrected chi connectivity index (χ0v) is 33.1. The van der Waals surface area contributed by atoms with Crippen LogP contribution in [0.5, 0.6) is 0 Å². The molecule has 2 aromatic rings. The average Bonchev–Trinajstić information content (AvgIpc) is 3.53. The van der Waals surface area contributed by atoms with Gasteiger partial charge in [-0.1, -0.05) is 180 Å². The molecule has 0 aliphatic carbocycles. The van der Waals surface area contributed by atoms with Gasteiger partial charge in [0.05, 0.1) is 18.2 Å². The lowest BCUT2D eigenvalue weighted by Crippen LogP contribution is -2.49. The number of benzene rings is 1. The van der Waals surface area contributed by atoms with Crippen molar-refractivity contribution in [1.29, 1.82) is 0 Å². The van der Waals surface area contributed by atoms with Crippen LogP contribution >= 0.6 is 0 Å². The average molecular weight is 698 g/mol. The summed E-state index contributed by atoms with van der Waals surface area (Å²) in [7, 11) is 0. The minimum Gasteiger partial charge on any atom is -0.376 e. The van der Waals surface area contributed by atoms with Crippen LogP contribution in [0, 0.1) is 0 Å². The van der Waals surface area contributed by atoms with E-state index in [-0.39, 0.29) is 24.3 Å². The lowest BCUT2D eigenvalue weighted by Gasteiger charge is -2.30. The molecule has 50 heavy (non-hydrogen) atoms. The van der Waals surface area contributed by atoms with E-state index in [0.29, 0.717) is 12.8 Å². The summed E-state index contributed by atoms with van der Waals surface area (Å²) in [5.74, 6) is -0.166. The predicted molar refractivity (Wildman–Crippen MR) is 215 cm³/mol. The smallest absolute Gasteiger partial charge is 0.239 e. The molecule has 4 N–H and O–H groups in total. The number of hydrogen-bond donors (Lipinski definition) is 3. The molecule has 0 radical (unpaired) electrons. The van der Waals surface area contributed by atoms with Crippen LogP contribution in [0.4, 0.5) is 0 Å². The van der Waals surface area contributed by atoms with Crippen molar-refractivity contribution >= 4 is 16.8 Å². The van der Waals surface area contributed by atoms with Gasteiger partial charge in [0.2, 0.25) is 5.91 Å². The van der Waals surface area contributed by atoms with Gasteiger partial charge in [0.1, 0.15) is 6.23 Å². The Bertz CT molecular complexity index is 1070. The van der Waals surface area contributed by atoms with Crippen molar-refractivity contribution in [2.45, 2.75) is 219 Å². The Labute approximate surface area is 308 Å². The summed E-state index contributed by atoms with van der Waals surface area (Å²) < 4.78 is 13.0. The van der Waals surface area contributed by atoms with Gasteiger partial charge < -0.3 is 25.5 Å². The van der Waals surface area contributed by atoms with E-state index >= 15 is 0 Å². The molecule has 4 atom stereocenters. The highest BCUT2D eigenvalue weighted by Crippen LogP contribution is 2.21. The first-order valence-corrected chi connectivity index (χ1v) is 21.4. The summed E-state index contributed by atoms with van der Waals surface area (Å²) in [6, 6.07) is 7.50. The number of aromatic nitrogens is 1. The zero-order chi connectivity index (χ0) is 36.1. The van der Waals surface area contributed by atoms with Crippen molar-refractivity contribution in [2.24, 2.45) is 5.73 Å². The molecule has 288 valence electrons. The molecular weight excluding hydrogens is 619 g/mol. The quantitative estimate of drug-likeness (QED) is 0.0501. The molecule has 6 nitrogen and oxygen atoms in total. The standard InChI is InChI=1S/C44H79N3O3/c1-5-8-10-12-14-16-18-19-20-21-23-25-27-33-42(37(4)49-34-30-26-24-22-17-15-13-11-9-6-2)50-43(7-3)47-44(48)40(45)35-38-36-46-41-32-29-28-31-39(38)41/h28-29,31-32,36-37,40,42-43,46H,5-27,30,33-35,45H2,1-4H3,(H,47,48)/t37?,40-,42?,43?/m0/s1. The van der Waals surface area contributed by atoms with Crippen LogP contribution in [0.3, 0.4) is 0 Å². The van der Waals surface area contributed by atoms with Crippen molar-refractivity contribution in [3.05, 3.63) is 36.0 Å². The number of nitrogens with one attached hydrogen (secondary N) is 2. The molecule has 0 saturated heterocycles. The topological polar surface area (TPSA) is 89.4 Å². The van der Waals surface area contributed by atoms with E-state index in [2.05, 4.69) is 44.1 Å². The highest BCUT2D eigenvalue weighted by Gasteiger charge is 2.25. The summed E-state index contributed by atoms with van der Waals surface area (Å²) in [5, 5.41) is 4.24. The molecule has 3 unspecified atom stereocenters. The molecule has 0 spiro atoms. The Morgan fingerprint density at radius 2 is 1.22 bits per heavy atom. The van der Waals surface area contributed by atoms with Crippen molar-refractivity contribution in [1.82, 2.24) is 10.3 Å². The normalized spacial score (nSPS) is 14.2. The predicted octanol–water partition coefficient (Wildman–Crippen LogP) is 12.1. The first-order chi connectivity index (χ1) is 24.5. The fourth-order valence-electron chi connectivity index (χ4n) is 7.08. The molecule has 0 aliphatic rings. The van der Waals surface area contributed by atoms with Crippen LogP contribution in [0.25, 0.3) is 10.9 Å². The Hall–Kier alpha value is -1.89. The summed E-state index contributed by atoms with van der Waals surface area (Å²) in [4.78, 5) is 16.5. The van der Waals surface area contributed by atoms with Crippen molar-refractivity contribution in [3.8, 4) is 0 Å². The van der Waals surface area contributed by atoms with E-state index in [9.17, 15) is 4.79 Å². The third-order valence-electron chi connectivity index (χ3n) is 10.5. The number of rotatable bonds is 34. The first kappa shape index (κ1) is 44.3. The van der Waals surface area contributed by atoms with Gasteiger partial charge in [0, 0.05) is 23.7 Å². The number of hydrogen-bond acceptors (Lipinski definition) is 4. The second-order valence-corrected chi connectivity index (χ2v) is 15.0. The summed E-state index contributed by atoms with van der Waals surface area (Å²) in [5.41, 5.74) is 8.55. The third-order valence-corrected chi connectivity index (χ3v) is 10.5. The molecule has 0 bridgehead atoms. The second-order valence-electron chi connectivity index (χ2n) is 15.0. The van der Waals surface area contributed by atoms with Crippen LogP contribution in [-0.2, 0) is 20.7 Å². The van der Waals surface area contributed by atoms with E-state index in [1.165, 1.54) is 135 Å². The van der Waals surface area contributed by atoms with Crippen molar-refractivity contribution in [2.75, 3.05) is 6.61 Å². The lowest BCUT2D eigenvalue weighted by molar-refractivity contribution is -0.136. The second kappa shape index (κ2) is 29.7. The minimum atomic E-state index is -0.642. The van der Waals surface area contributed by atoms with Gasteiger partial charge in [-0.3, -0.25) is 4.79 Å². The van der Waals surface area contributed by atoms with Crippen LogP contribution in [0.1, 0.15) is 194 Å². The molecule has 0 aliphatic heterocycles. The van der Waals surface area contributed by atoms with Crippen LogP contribution < -0.4 is 11.1 Å². The fraction of sp³-hybridized carbons (Fsp3) is 0.795. The maximum absolute atomic E-state index is 13.2. The first-order valence-electron chi connectivity index (χ1n) is 21.4. The molecule has 1 aromatic heterocycles. The number of nitrogens with two attached hydrogens (primary N) is 1. The minimum absolute atomic E-state index is 0.0169. The van der Waals surface area contributed by atoms with Gasteiger partial charge >= 0.3 is 0 Å². The highest BCUT2D eigenvalue weighted by atomic mass is 16.6. The molecule has 0 fully saturated rings. The van der Waals surface area contributed by atoms with E-state index in [1.807, 2.05) is 24.4 Å². The molecule has 0 saturated carbocycles. The number of aromatic amines is 1. The molecular formula is C44H79N3O3.